The van der Waals surface area contributed by atoms with Crippen molar-refractivity contribution in [3.05, 3.63) is 69.4 Å². The lowest BCUT2D eigenvalue weighted by atomic mass is 9.94. The van der Waals surface area contributed by atoms with Crippen molar-refractivity contribution in [2.45, 2.75) is 13.0 Å². The highest BCUT2D eigenvalue weighted by Gasteiger charge is 2.31. The molecule has 0 radical (unpaired) electrons. The third kappa shape index (κ3) is 4.11. The maximum atomic E-state index is 13.1. The number of methoxy groups -OCH3 is 1. The molecular formula is C19H18N4O5S. The summed E-state index contributed by atoms with van der Waals surface area (Å²) in [5.74, 6) is -0.408. The van der Waals surface area contributed by atoms with Crippen LogP contribution in [0.2, 0.25) is 0 Å². The first kappa shape index (κ1) is 20.1. The van der Waals surface area contributed by atoms with Crippen LogP contribution in [-0.2, 0) is 4.79 Å². The van der Waals surface area contributed by atoms with E-state index in [0.29, 0.717) is 28.3 Å². The third-order valence-electron chi connectivity index (χ3n) is 4.40. The maximum absolute atomic E-state index is 13.1. The van der Waals surface area contributed by atoms with Crippen LogP contribution in [0, 0.1) is 10.1 Å². The normalized spacial score (nSPS) is 15.9. The van der Waals surface area contributed by atoms with Crippen molar-refractivity contribution in [3.63, 3.8) is 0 Å². The number of benzene rings is 2. The Bertz CT molecular complexity index is 1040. The lowest BCUT2D eigenvalue weighted by molar-refractivity contribution is -0.385. The fraction of sp³-hybridized carbons (Fsp3) is 0.158. The van der Waals surface area contributed by atoms with E-state index in [2.05, 4.69) is 16.0 Å². The SMILES string of the molecule is COc1ccccc1NC(=O)C1=C(C)NC(=S)N[C@@H]1c1ccc(O)c([N+](=O)[O-])c1. The van der Waals surface area contributed by atoms with Crippen molar-refractivity contribution in [2.75, 3.05) is 12.4 Å². The number of anilines is 1. The average molecular weight is 414 g/mol. The molecule has 3 rings (SSSR count). The van der Waals surface area contributed by atoms with Crippen LogP contribution in [0.5, 0.6) is 11.5 Å². The molecule has 10 heteroatoms. The summed E-state index contributed by atoms with van der Waals surface area (Å²) in [6.45, 7) is 1.69. The number of nitro groups is 1. The Hall–Kier alpha value is -3.66. The molecule has 0 spiro atoms. The van der Waals surface area contributed by atoms with Gasteiger partial charge in [0.2, 0.25) is 0 Å². The van der Waals surface area contributed by atoms with Crippen LogP contribution in [-0.4, -0.2) is 28.2 Å². The molecule has 0 unspecified atom stereocenters. The Morgan fingerprint density at radius 1 is 1.31 bits per heavy atom. The molecule has 1 amide bonds. The van der Waals surface area contributed by atoms with Crippen molar-refractivity contribution in [3.8, 4) is 11.5 Å². The van der Waals surface area contributed by atoms with Gasteiger partial charge in [-0.05, 0) is 42.9 Å². The lowest BCUT2D eigenvalue weighted by Crippen LogP contribution is -2.45. The lowest BCUT2D eigenvalue weighted by Gasteiger charge is -2.30. The number of carbonyl (C=O) groups is 1. The number of hydrogen-bond donors (Lipinski definition) is 4. The van der Waals surface area contributed by atoms with E-state index in [9.17, 15) is 20.0 Å². The van der Waals surface area contributed by atoms with Gasteiger partial charge in [0, 0.05) is 11.8 Å². The molecule has 0 saturated heterocycles. The Morgan fingerprint density at radius 2 is 2.03 bits per heavy atom. The number of carbonyl (C=O) groups excluding carboxylic acids is 1. The molecule has 4 N–H and O–H groups in total. The molecule has 0 bridgehead atoms. The number of allylic oxidation sites excluding steroid dienone is 1. The zero-order valence-corrected chi connectivity index (χ0v) is 16.4. The number of amides is 1. The highest BCUT2D eigenvalue weighted by Crippen LogP contribution is 2.34. The summed E-state index contributed by atoms with van der Waals surface area (Å²) in [7, 11) is 1.50. The summed E-state index contributed by atoms with van der Waals surface area (Å²) < 4.78 is 5.26. The van der Waals surface area contributed by atoms with E-state index in [0.717, 1.165) is 0 Å². The second-order valence-electron chi connectivity index (χ2n) is 6.23. The van der Waals surface area contributed by atoms with Crippen molar-refractivity contribution in [1.82, 2.24) is 10.6 Å². The number of nitrogens with one attached hydrogen (secondary N) is 3. The summed E-state index contributed by atoms with van der Waals surface area (Å²) in [4.78, 5) is 23.6. The number of phenols is 1. The van der Waals surface area contributed by atoms with Gasteiger partial charge in [-0.15, -0.1) is 0 Å². The number of aromatic hydroxyl groups is 1. The van der Waals surface area contributed by atoms with Gasteiger partial charge in [-0.25, -0.2) is 0 Å². The molecule has 29 heavy (non-hydrogen) atoms. The number of thiocarbonyl (C=S) groups is 1. The van der Waals surface area contributed by atoms with Gasteiger partial charge in [0.1, 0.15) is 5.75 Å². The average Bonchev–Trinajstić information content (AvgIpc) is 2.67. The zero-order chi connectivity index (χ0) is 21.1. The Kier molecular flexibility index (Phi) is 5.64. The number of nitro benzene ring substituents is 1. The summed E-state index contributed by atoms with van der Waals surface area (Å²) in [5.41, 5.74) is 1.22. The van der Waals surface area contributed by atoms with Gasteiger partial charge in [-0.3, -0.25) is 14.9 Å². The number of hydrogen-bond acceptors (Lipinski definition) is 6. The van der Waals surface area contributed by atoms with E-state index in [1.165, 1.54) is 25.3 Å². The Balaban J connectivity index is 2.01. The second kappa shape index (κ2) is 8.15. The summed E-state index contributed by atoms with van der Waals surface area (Å²) >= 11 is 5.19. The van der Waals surface area contributed by atoms with Crippen LogP contribution < -0.4 is 20.7 Å². The first-order chi connectivity index (χ1) is 13.8. The quantitative estimate of drug-likeness (QED) is 0.334. The molecule has 0 aromatic heterocycles. The fourth-order valence-electron chi connectivity index (χ4n) is 3.05. The van der Waals surface area contributed by atoms with Gasteiger partial charge in [0.15, 0.2) is 10.9 Å². The Labute approximate surface area is 171 Å². The Morgan fingerprint density at radius 3 is 2.72 bits per heavy atom. The van der Waals surface area contributed by atoms with Crippen LogP contribution in [0.1, 0.15) is 18.5 Å². The number of rotatable bonds is 5. The van der Waals surface area contributed by atoms with Crippen LogP contribution in [0.15, 0.2) is 53.7 Å². The largest absolute Gasteiger partial charge is 0.502 e. The van der Waals surface area contributed by atoms with Crippen molar-refractivity contribution < 1.29 is 19.6 Å². The van der Waals surface area contributed by atoms with Gasteiger partial charge < -0.3 is 25.8 Å². The first-order valence-electron chi connectivity index (χ1n) is 8.51. The number of para-hydroxylation sites is 2. The topological polar surface area (TPSA) is 126 Å². The third-order valence-corrected chi connectivity index (χ3v) is 4.62. The van der Waals surface area contributed by atoms with Crippen LogP contribution in [0.4, 0.5) is 11.4 Å². The van der Waals surface area contributed by atoms with E-state index >= 15 is 0 Å². The molecule has 0 saturated carbocycles. The maximum Gasteiger partial charge on any atom is 0.311 e. The number of ether oxygens (including phenoxy) is 1. The highest BCUT2D eigenvalue weighted by atomic mass is 32.1. The summed E-state index contributed by atoms with van der Waals surface area (Å²) in [5, 5.41) is 29.9. The van der Waals surface area contributed by atoms with E-state index in [4.69, 9.17) is 17.0 Å². The monoisotopic (exact) mass is 414 g/mol. The number of nitrogens with zero attached hydrogens (tertiary/aromatic N) is 1. The minimum absolute atomic E-state index is 0.275. The smallest absolute Gasteiger partial charge is 0.311 e. The molecule has 150 valence electrons. The molecule has 0 fully saturated rings. The molecule has 2 aromatic rings. The van der Waals surface area contributed by atoms with Gasteiger partial charge in [-0.1, -0.05) is 18.2 Å². The van der Waals surface area contributed by atoms with Gasteiger partial charge in [0.25, 0.3) is 5.91 Å². The predicted molar refractivity (Wildman–Crippen MR) is 111 cm³/mol. The molecule has 1 atom stereocenters. The molecule has 1 heterocycles. The number of phenolic OH excluding ortho intramolecular Hbond substituents is 1. The molecule has 2 aromatic carbocycles. The molecule has 0 aliphatic carbocycles. The van der Waals surface area contributed by atoms with Crippen LogP contribution in [0.25, 0.3) is 0 Å². The summed E-state index contributed by atoms with van der Waals surface area (Å²) in [6, 6.07) is 10.1. The summed E-state index contributed by atoms with van der Waals surface area (Å²) in [6.07, 6.45) is 0. The van der Waals surface area contributed by atoms with Crippen molar-refractivity contribution in [2.24, 2.45) is 0 Å². The van der Waals surface area contributed by atoms with Crippen molar-refractivity contribution >= 4 is 34.6 Å². The van der Waals surface area contributed by atoms with Crippen LogP contribution in [0.3, 0.4) is 0 Å². The second-order valence-corrected chi connectivity index (χ2v) is 6.64. The van der Waals surface area contributed by atoms with Crippen molar-refractivity contribution in [1.29, 1.82) is 0 Å². The highest BCUT2D eigenvalue weighted by molar-refractivity contribution is 7.80. The minimum Gasteiger partial charge on any atom is -0.502 e. The van der Waals surface area contributed by atoms with E-state index < -0.39 is 28.3 Å². The molecule has 9 nitrogen and oxygen atoms in total. The minimum atomic E-state index is -0.752. The first-order valence-corrected chi connectivity index (χ1v) is 8.92. The standard InChI is InChI=1S/C19H18N4O5S/c1-10-16(18(25)21-12-5-3-4-6-15(12)28-2)17(22-19(29)20-10)11-7-8-14(24)13(9-11)23(26)27/h3-9,17,24H,1-2H3,(H,21,25)(H2,20,22,29)/t17-/m1/s1. The zero-order valence-electron chi connectivity index (χ0n) is 15.6. The fourth-order valence-corrected chi connectivity index (χ4v) is 3.32. The van der Waals surface area contributed by atoms with Gasteiger partial charge in [-0.2, -0.15) is 0 Å². The predicted octanol–water partition coefficient (Wildman–Crippen LogP) is 2.74. The van der Waals surface area contributed by atoms with E-state index in [1.807, 2.05) is 0 Å². The molecular weight excluding hydrogens is 396 g/mol. The molecule has 1 aliphatic rings. The van der Waals surface area contributed by atoms with Crippen LogP contribution >= 0.6 is 12.2 Å². The van der Waals surface area contributed by atoms with Gasteiger partial charge in [0.05, 0.1) is 29.3 Å². The van der Waals surface area contributed by atoms with E-state index in [-0.39, 0.29) is 5.11 Å². The van der Waals surface area contributed by atoms with E-state index in [1.54, 1.807) is 31.2 Å². The molecule has 1 aliphatic heterocycles. The van der Waals surface area contributed by atoms with Gasteiger partial charge >= 0.3 is 5.69 Å².